The van der Waals surface area contributed by atoms with Gasteiger partial charge in [0.1, 0.15) is 41.8 Å². The van der Waals surface area contributed by atoms with E-state index in [2.05, 4.69) is 15.1 Å². The molecule has 6 rings (SSSR count). The van der Waals surface area contributed by atoms with Crippen molar-refractivity contribution in [3.8, 4) is 23.2 Å². The van der Waals surface area contributed by atoms with Crippen molar-refractivity contribution in [3.63, 3.8) is 0 Å². The van der Waals surface area contributed by atoms with Crippen molar-refractivity contribution in [1.29, 1.82) is 5.26 Å². The van der Waals surface area contributed by atoms with Gasteiger partial charge in [0.15, 0.2) is 0 Å². The molecule has 0 atom stereocenters. The van der Waals surface area contributed by atoms with E-state index in [1.54, 1.807) is 34.9 Å². The lowest BCUT2D eigenvalue weighted by Crippen LogP contribution is -2.08. The van der Waals surface area contributed by atoms with Crippen LogP contribution in [0.1, 0.15) is 38.6 Å². The first-order chi connectivity index (χ1) is 21.8. The molecule has 12 heteroatoms. The van der Waals surface area contributed by atoms with Crippen LogP contribution in [0.25, 0.3) is 22.3 Å². The highest BCUT2D eigenvalue weighted by Crippen LogP contribution is 2.29. The molecule has 3 heterocycles. The fourth-order valence-corrected chi connectivity index (χ4v) is 4.83. The Labute approximate surface area is 254 Å². The fourth-order valence-electron chi connectivity index (χ4n) is 4.83. The number of rotatable bonds is 9. The number of fused-ring (bicyclic) bond motifs is 1. The lowest BCUT2D eigenvalue weighted by atomic mass is 10.0. The van der Waals surface area contributed by atoms with E-state index in [9.17, 15) is 9.18 Å². The van der Waals surface area contributed by atoms with Gasteiger partial charge in [-0.3, -0.25) is 0 Å². The van der Waals surface area contributed by atoms with Gasteiger partial charge in [-0.2, -0.15) is 5.26 Å². The summed E-state index contributed by atoms with van der Waals surface area (Å²) in [4.78, 5) is 21.1. The largest absolute Gasteiger partial charge is 0.473 e. The van der Waals surface area contributed by atoms with E-state index in [1.807, 2.05) is 6.07 Å². The summed E-state index contributed by atoms with van der Waals surface area (Å²) in [6, 6.07) is 19.1. The molecule has 0 saturated heterocycles. The second kappa shape index (κ2) is 12.3. The Hall–Kier alpha value is -5.96. The molecular formula is C33H22F3N5O4. The molecule has 45 heavy (non-hydrogen) atoms. The number of carbonyl (C=O) groups is 1. The number of methoxy groups -OCH3 is 1. The maximum Gasteiger partial charge on any atom is 0.337 e. The van der Waals surface area contributed by atoms with Gasteiger partial charge in [0.25, 0.3) is 0 Å². The van der Waals surface area contributed by atoms with Gasteiger partial charge in [-0.05, 0) is 54.1 Å². The number of hydrogen-bond acceptors (Lipinski definition) is 8. The van der Waals surface area contributed by atoms with Crippen molar-refractivity contribution in [3.05, 3.63) is 130 Å². The first kappa shape index (κ1) is 29.1. The van der Waals surface area contributed by atoms with Crippen LogP contribution in [0.2, 0.25) is 0 Å². The summed E-state index contributed by atoms with van der Waals surface area (Å²) >= 11 is 0. The Bertz CT molecular complexity index is 2090. The minimum Gasteiger partial charge on any atom is -0.473 e. The molecular weight excluding hydrogens is 587 g/mol. The predicted molar refractivity (Wildman–Crippen MR) is 155 cm³/mol. The molecule has 0 aliphatic carbocycles. The molecule has 3 aromatic carbocycles. The number of nitriles is 1. The maximum atomic E-state index is 15.5. The van der Waals surface area contributed by atoms with Gasteiger partial charge in [0, 0.05) is 29.7 Å². The van der Waals surface area contributed by atoms with E-state index >= 15 is 8.78 Å². The van der Waals surface area contributed by atoms with Gasteiger partial charge in [-0.25, -0.2) is 27.9 Å². The Kier molecular flexibility index (Phi) is 7.99. The zero-order valence-corrected chi connectivity index (χ0v) is 23.6. The Balaban J connectivity index is 1.28. The van der Waals surface area contributed by atoms with Crippen molar-refractivity contribution in [1.82, 2.24) is 19.7 Å². The number of nitrogens with zero attached hydrogens (tertiary/aromatic N) is 5. The monoisotopic (exact) mass is 609 g/mol. The number of benzene rings is 3. The highest BCUT2D eigenvalue weighted by molar-refractivity contribution is 5.93. The number of carbonyl (C=O) groups excluding carboxylic acids is 1. The van der Waals surface area contributed by atoms with Crippen LogP contribution in [-0.4, -0.2) is 32.8 Å². The molecule has 6 aromatic rings. The van der Waals surface area contributed by atoms with Gasteiger partial charge >= 0.3 is 5.97 Å². The zero-order chi connectivity index (χ0) is 31.5. The normalized spacial score (nSPS) is 11.0. The van der Waals surface area contributed by atoms with Crippen LogP contribution in [-0.2, 0) is 24.3 Å². The second-order valence-corrected chi connectivity index (χ2v) is 9.97. The molecule has 0 fully saturated rings. The molecule has 224 valence electrons. The summed E-state index contributed by atoms with van der Waals surface area (Å²) in [6.07, 6.45) is 1.34. The van der Waals surface area contributed by atoms with Crippen LogP contribution < -0.4 is 4.74 Å². The number of aromatic nitrogens is 4. The smallest absolute Gasteiger partial charge is 0.337 e. The van der Waals surface area contributed by atoms with E-state index in [-0.39, 0.29) is 53.4 Å². The van der Waals surface area contributed by atoms with Crippen molar-refractivity contribution in [2.45, 2.75) is 19.6 Å². The molecule has 0 unspecified atom stereocenters. The number of hydrogen-bond donors (Lipinski definition) is 0. The SMILES string of the molecule is COC(=O)c1ccc2nc(Cc3cc(F)c(-c4cccc(OCc5ccc(C#N)cc5F)n4)cc3F)n(Cc3ccon3)c2c1. The Morgan fingerprint density at radius 1 is 0.956 bits per heavy atom. The topological polar surface area (TPSA) is 116 Å². The van der Waals surface area contributed by atoms with E-state index in [4.69, 9.17) is 19.3 Å². The number of imidazole rings is 1. The molecule has 9 nitrogen and oxygen atoms in total. The standard InChI is InChI=1S/C33H22F3N5O4/c1-43-33(42)20-7-8-29-30(13-20)41(17-23-9-10-45-40-23)31(38-29)14-22-12-27(36)24(15-26(22)35)28-3-2-4-32(39-28)44-18-21-6-5-19(16-37)11-25(21)34/h2-13,15H,14,17-18H2,1H3. The number of ether oxygens (including phenoxy) is 2. The summed E-state index contributed by atoms with van der Waals surface area (Å²) in [5.74, 6) is -2.05. The maximum absolute atomic E-state index is 15.5. The van der Waals surface area contributed by atoms with E-state index < -0.39 is 23.4 Å². The first-order valence-electron chi connectivity index (χ1n) is 13.6. The summed E-state index contributed by atoms with van der Waals surface area (Å²) in [5.41, 5.74) is 2.45. The van der Waals surface area contributed by atoms with Crippen LogP contribution in [0.5, 0.6) is 5.88 Å². The summed E-state index contributed by atoms with van der Waals surface area (Å²) in [5, 5.41) is 12.9. The lowest BCUT2D eigenvalue weighted by Gasteiger charge is -2.11. The van der Waals surface area contributed by atoms with Crippen molar-refractivity contribution in [2.75, 3.05) is 7.11 Å². The van der Waals surface area contributed by atoms with Gasteiger partial charge in [-0.1, -0.05) is 17.3 Å². The molecule has 0 bridgehead atoms. The molecule has 0 aliphatic heterocycles. The quantitative estimate of drug-likeness (QED) is 0.174. The van der Waals surface area contributed by atoms with Crippen molar-refractivity contribution < 1.29 is 32.0 Å². The third-order valence-electron chi connectivity index (χ3n) is 7.10. The molecule has 0 amide bonds. The number of pyridine rings is 1. The van der Waals surface area contributed by atoms with E-state index in [1.165, 1.54) is 37.6 Å². The van der Waals surface area contributed by atoms with E-state index in [0.29, 0.717) is 28.1 Å². The molecule has 0 saturated carbocycles. The summed E-state index contributed by atoms with van der Waals surface area (Å²) < 4.78 is 62.4. The fraction of sp³-hybridized carbons (Fsp3) is 0.121. The first-order valence-corrected chi connectivity index (χ1v) is 13.6. The summed E-state index contributed by atoms with van der Waals surface area (Å²) in [7, 11) is 1.28. The third kappa shape index (κ3) is 6.09. The average molecular weight is 610 g/mol. The molecule has 0 spiro atoms. The van der Waals surface area contributed by atoms with Gasteiger partial charge < -0.3 is 18.6 Å². The zero-order valence-electron chi connectivity index (χ0n) is 23.6. The lowest BCUT2D eigenvalue weighted by molar-refractivity contribution is 0.0601. The molecule has 3 aromatic heterocycles. The number of halogens is 3. The Morgan fingerprint density at radius 3 is 2.56 bits per heavy atom. The van der Waals surface area contributed by atoms with E-state index in [0.717, 1.165) is 18.2 Å². The molecule has 0 N–H and O–H groups in total. The molecule has 0 radical (unpaired) electrons. The highest BCUT2D eigenvalue weighted by Gasteiger charge is 2.19. The minimum atomic E-state index is -0.721. The van der Waals surface area contributed by atoms with Gasteiger partial charge in [0.2, 0.25) is 5.88 Å². The van der Waals surface area contributed by atoms with Crippen molar-refractivity contribution >= 4 is 17.0 Å². The van der Waals surface area contributed by atoms with Crippen LogP contribution in [0, 0.1) is 28.8 Å². The average Bonchev–Trinajstić information content (AvgIpc) is 3.69. The van der Waals surface area contributed by atoms with Crippen LogP contribution in [0.3, 0.4) is 0 Å². The molecule has 0 aliphatic rings. The van der Waals surface area contributed by atoms with Crippen LogP contribution in [0.4, 0.5) is 13.2 Å². The predicted octanol–water partition coefficient (Wildman–Crippen LogP) is 6.38. The second-order valence-electron chi connectivity index (χ2n) is 9.97. The van der Waals surface area contributed by atoms with Gasteiger partial charge in [0.05, 0.1) is 47.6 Å². The minimum absolute atomic E-state index is 0.0462. The van der Waals surface area contributed by atoms with Crippen LogP contribution >= 0.6 is 0 Å². The summed E-state index contributed by atoms with van der Waals surface area (Å²) in [6.45, 7) is 0.0263. The van der Waals surface area contributed by atoms with Gasteiger partial charge in [-0.15, -0.1) is 0 Å². The highest BCUT2D eigenvalue weighted by atomic mass is 19.1. The van der Waals surface area contributed by atoms with Crippen molar-refractivity contribution in [2.24, 2.45) is 0 Å². The number of esters is 1. The van der Waals surface area contributed by atoms with Crippen LogP contribution in [0.15, 0.2) is 83.6 Å². The Morgan fingerprint density at radius 2 is 1.80 bits per heavy atom. The third-order valence-corrected chi connectivity index (χ3v) is 7.10.